The highest BCUT2D eigenvalue weighted by Crippen LogP contribution is 2.37. The van der Waals surface area contributed by atoms with E-state index in [1.165, 1.54) is 38.1 Å². The molecule has 1 rings (SSSR count). The van der Waals surface area contributed by atoms with Crippen molar-refractivity contribution >= 4 is 40.8 Å². The Morgan fingerprint density at radius 3 is 1.95 bits per heavy atom. The molecule has 0 atom stereocenters. The van der Waals surface area contributed by atoms with Gasteiger partial charge in [0.2, 0.25) is 3.79 Å². The van der Waals surface area contributed by atoms with Gasteiger partial charge < -0.3 is 14.9 Å². The van der Waals surface area contributed by atoms with Crippen LogP contribution in [0.4, 0.5) is 0 Å². The number of aromatic hydroxyl groups is 1. The van der Waals surface area contributed by atoms with Gasteiger partial charge in [0.25, 0.3) is 0 Å². The highest BCUT2D eigenvalue weighted by atomic mass is 35.6. The fourth-order valence-electron chi connectivity index (χ4n) is 0.876. The summed E-state index contributed by atoms with van der Waals surface area (Å²) in [7, 11) is 0. The van der Waals surface area contributed by atoms with Crippen LogP contribution in [-0.2, 0) is 4.74 Å². The monoisotopic (exact) mass is 356 g/mol. The molecule has 0 aliphatic carbocycles. The standard InChI is InChI=1S/C10H12O3.C4H7Cl3O/c1-2-7-13-10(12)8-3-5-9(11)6-4-8;1-3(2,8)4(5,6)7/h3-6,11H,2,7H2,1H3;8H,1-2H3. The van der Waals surface area contributed by atoms with Crippen LogP contribution in [0.15, 0.2) is 24.3 Å². The minimum absolute atomic E-state index is 0.145. The molecule has 0 radical (unpaired) electrons. The quantitative estimate of drug-likeness (QED) is 0.631. The molecule has 0 fully saturated rings. The van der Waals surface area contributed by atoms with E-state index in [-0.39, 0.29) is 11.7 Å². The lowest BCUT2D eigenvalue weighted by Crippen LogP contribution is -2.35. The molecule has 0 bridgehead atoms. The first-order valence-corrected chi connectivity index (χ1v) is 7.37. The zero-order valence-corrected chi connectivity index (χ0v) is 14.3. The molecule has 1 aromatic rings. The first-order valence-electron chi connectivity index (χ1n) is 6.24. The fraction of sp³-hybridized carbons (Fsp3) is 0.500. The molecule has 0 amide bonds. The number of hydrogen-bond acceptors (Lipinski definition) is 4. The van der Waals surface area contributed by atoms with Gasteiger partial charge in [-0.2, -0.15) is 0 Å². The van der Waals surface area contributed by atoms with Gasteiger partial charge in [-0.25, -0.2) is 4.79 Å². The van der Waals surface area contributed by atoms with Crippen LogP contribution in [0.2, 0.25) is 0 Å². The van der Waals surface area contributed by atoms with Gasteiger partial charge in [-0.15, -0.1) is 0 Å². The van der Waals surface area contributed by atoms with Crippen molar-refractivity contribution in [2.45, 2.75) is 36.6 Å². The Bertz CT molecular complexity index is 421. The molecule has 1 aromatic carbocycles. The topological polar surface area (TPSA) is 66.8 Å². The van der Waals surface area contributed by atoms with Crippen LogP contribution >= 0.6 is 34.8 Å². The number of hydrogen-bond donors (Lipinski definition) is 2. The predicted molar refractivity (Wildman–Crippen MR) is 85.3 cm³/mol. The molecule has 0 saturated carbocycles. The molecular formula is C14H19Cl3O4. The van der Waals surface area contributed by atoms with E-state index in [2.05, 4.69) is 0 Å². The number of benzene rings is 1. The van der Waals surface area contributed by atoms with Crippen molar-refractivity contribution in [2.24, 2.45) is 0 Å². The van der Waals surface area contributed by atoms with Crippen LogP contribution in [0.5, 0.6) is 5.75 Å². The van der Waals surface area contributed by atoms with E-state index in [1.807, 2.05) is 6.92 Å². The number of halogens is 3. The predicted octanol–water partition coefficient (Wildman–Crippen LogP) is 4.09. The van der Waals surface area contributed by atoms with Gasteiger partial charge in [-0.05, 0) is 44.5 Å². The third-order valence-corrected chi connectivity index (χ3v) is 3.62. The number of aliphatic hydroxyl groups is 1. The molecule has 4 nitrogen and oxygen atoms in total. The summed E-state index contributed by atoms with van der Waals surface area (Å²) in [6, 6.07) is 5.99. The highest BCUT2D eigenvalue weighted by molar-refractivity contribution is 6.68. The molecule has 7 heteroatoms. The first kappa shape index (κ1) is 20.3. The largest absolute Gasteiger partial charge is 0.508 e. The molecule has 0 aliphatic rings. The van der Waals surface area contributed by atoms with Crippen molar-refractivity contribution in [1.29, 1.82) is 0 Å². The van der Waals surface area contributed by atoms with Crippen molar-refractivity contribution in [3.05, 3.63) is 29.8 Å². The first-order chi connectivity index (χ1) is 9.49. The number of alkyl halides is 3. The maximum absolute atomic E-state index is 11.2. The van der Waals surface area contributed by atoms with Gasteiger partial charge in [0.05, 0.1) is 12.2 Å². The highest BCUT2D eigenvalue weighted by Gasteiger charge is 2.38. The summed E-state index contributed by atoms with van der Waals surface area (Å²) in [4.78, 5) is 11.2. The van der Waals surface area contributed by atoms with Gasteiger partial charge >= 0.3 is 5.97 Å². The van der Waals surface area contributed by atoms with E-state index < -0.39 is 9.39 Å². The summed E-state index contributed by atoms with van der Waals surface area (Å²) in [5, 5.41) is 17.9. The molecule has 0 aromatic heterocycles. The summed E-state index contributed by atoms with van der Waals surface area (Å²) in [6.45, 7) is 5.23. The van der Waals surface area contributed by atoms with Crippen molar-refractivity contribution in [3.8, 4) is 5.75 Å². The van der Waals surface area contributed by atoms with Crippen LogP contribution in [-0.4, -0.2) is 32.2 Å². The summed E-state index contributed by atoms with van der Waals surface area (Å²) < 4.78 is 3.31. The summed E-state index contributed by atoms with van der Waals surface area (Å²) in [6.07, 6.45) is 0.809. The average molecular weight is 358 g/mol. The van der Waals surface area contributed by atoms with Crippen LogP contribution < -0.4 is 0 Å². The van der Waals surface area contributed by atoms with Crippen molar-refractivity contribution in [1.82, 2.24) is 0 Å². The Morgan fingerprint density at radius 2 is 1.62 bits per heavy atom. The molecule has 0 heterocycles. The average Bonchev–Trinajstić information content (AvgIpc) is 2.35. The molecular weight excluding hydrogens is 339 g/mol. The third kappa shape index (κ3) is 8.37. The Balaban J connectivity index is 0.000000433. The fourth-order valence-corrected chi connectivity index (χ4v) is 0.876. The molecule has 0 unspecified atom stereocenters. The third-order valence-electron chi connectivity index (χ3n) is 2.23. The van der Waals surface area contributed by atoms with Gasteiger partial charge in [0, 0.05) is 0 Å². The number of carbonyl (C=O) groups excluding carboxylic acids is 1. The number of ether oxygens (including phenoxy) is 1. The Kier molecular flexibility index (Phi) is 8.41. The van der Waals surface area contributed by atoms with Gasteiger partial charge in [0.15, 0.2) is 0 Å². The molecule has 21 heavy (non-hydrogen) atoms. The zero-order valence-electron chi connectivity index (χ0n) is 12.1. The minimum atomic E-state index is -1.59. The normalized spacial score (nSPS) is 11.4. The van der Waals surface area contributed by atoms with E-state index in [0.717, 1.165) is 6.42 Å². The van der Waals surface area contributed by atoms with E-state index in [4.69, 9.17) is 49.8 Å². The number of carbonyl (C=O) groups is 1. The number of rotatable bonds is 3. The van der Waals surface area contributed by atoms with Crippen molar-refractivity contribution in [2.75, 3.05) is 6.61 Å². The SMILES string of the molecule is CC(C)(O)C(Cl)(Cl)Cl.CCCOC(=O)c1ccc(O)cc1. The maximum Gasteiger partial charge on any atom is 0.338 e. The molecule has 120 valence electrons. The van der Waals surface area contributed by atoms with Gasteiger partial charge in [-0.1, -0.05) is 41.7 Å². The second kappa shape index (κ2) is 8.69. The molecule has 0 spiro atoms. The lowest BCUT2D eigenvalue weighted by molar-refractivity contribution is 0.0505. The molecule has 0 saturated heterocycles. The Labute approximate surface area is 139 Å². The second-order valence-corrected chi connectivity index (χ2v) is 7.02. The Morgan fingerprint density at radius 1 is 1.19 bits per heavy atom. The van der Waals surface area contributed by atoms with Crippen LogP contribution in [0.25, 0.3) is 0 Å². The minimum Gasteiger partial charge on any atom is -0.508 e. The summed E-state index contributed by atoms with van der Waals surface area (Å²) in [5.74, 6) is -0.200. The molecule has 2 N–H and O–H groups in total. The lowest BCUT2D eigenvalue weighted by atomic mass is 10.2. The van der Waals surface area contributed by atoms with Gasteiger partial charge in [-0.3, -0.25) is 0 Å². The van der Waals surface area contributed by atoms with Crippen LogP contribution in [0.3, 0.4) is 0 Å². The van der Waals surface area contributed by atoms with E-state index in [0.29, 0.717) is 12.2 Å². The van der Waals surface area contributed by atoms with E-state index in [9.17, 15) is 4.79 Å². The smallest absolute Gasteiger partial charge is 0.338 e. The number of phenols is 1. The lowest BCUT2D eigenvalue weighted by Gasteiger charge is -2.25. The van der Waals surface area contributed by atoms with E-state index >= 15 is 0 Å². The number of phenolic OH excluding ortho intramolecular Hbond substituents is 1. The summed E-state index contributed by atoms with van der Waals surface area (Å²) >= 11 is 15.9. The maximum atomic E-state index is 11.2. The summed E-state index contributed by atoms with van der Waals surface area (Å²) in [5.41, 5.74) is -0.802. The van der Waals surface area contributed by atoms with Crippen LogP contribution in [0, 0.1) is 0 Å². The zero-order chi connectivity index (χ0) is 16.7. The van der Waals surface area contributed by atoms with Gasteiger partial charge in [0.1, 0.15) is 11.4 Å². The van der Waals surface area contributed by atoms with Crippen molar-refractivity contribution < 1.29 is 19.7 Å². The van der Waals surface area contributed by atoms with Crippen LogP contribution in [0.1, 0.15) is 37.6 Å². The van der Waals surface area contributed by atoms with E-state index in [1.54, 1.807) is 0 Å². The van der Waals surface area contributed by atoms with Crippen molar-refractivity contribution in [3.63, 3.8) is 0 Å². The number of esters is 1. The molecule has 0 aliphatic heterocycles. The Hall–Kier alpha value is -0.680. The second-order valence-electron chi connectivity index (χ2n) is 4.74.